The Morgan fingerprint density at radius 3 is 1.30 bits per heavy atom. The fraction of sp³-hybridized carbons (Fsp3) is 0.368. The average Bonchev–Trinajstić information content (AvgIpc) is 3.87. The fourth-order valence-corrected chi connectivity index (χ4v) is 5.16. The number of ether oxygens (including phenoxy) is 2. The Balaban J connectivity index is 1.20. The molecule has 0 aliphatic rings. The number of hydrogen-bond acceptors (Lipinski definition) is 10. The number of benzene rings is 2. The number of aromatic nitrogens is 4. The van der Waals surface area contributed by atoms with E-state index in [1.54, 1.807) is 27.7 Å². The zero-order valence-electron chi connectivity index (χ0n) is 30.6. The second-order valence-electron chi connectivity index (χ2n) is 13.0. The van der Waals surface area contributed by atoms with Crippen LogP contribution in [0.25, 0.3) is 0 Å². The Labute approximate surface area is 312 Å². The number of H-pyrrole nitrogens is 2. The molecule has 2 aromatic heterocycles. The van der Waals surface area contributed by atoms with Gasteiger partial charge >= 0.3 is 11.9 Å². The van der Waals surface area contributed by atoms with Crippen LogP contribution < -0.4 is 21.3 Å². The molecule has 286 valence electrons. The lowest BCUT2D eigenvalue weighted by atomic mass is 10.0. The molecule has 0 fully saturated rings. The van der Waals surface area contributed by atoms with E-state index in [1.165, 1.54) is 12.7 Å². The first-order valence-electron chi connectivity index (χ1n) is 17.6. The third-order valence-corrected chi connectivity index (χ3v) is 8.20. The van der Waals surface area contributed by atoms with Crippen LogP contribution in [-0.2, 0) is 32.3 Å². The van der Waals surface area contributed by atoms with E-state index in [0.717, 1.165) is 11.1 Å². The van der Waals surface area contributed by atoms with E-state index in [9.17, 15) is 28.8 Å². The van der Waals surface area contributed by atoms with Crippen LogP contribution in [0.4, 0.5) is 0 Å². The van der Waals surface area contributed by atoms with E-state index < -0.39 is 47.7 Å². The largest absolute Gasteiger partial charge is 0.459 e. The topological polar surface area (TPSA) is 226 Å². The Kier molecular flexibility index (Phi) is 15.0. The first kappa shape index (κ1) is 40.5. The predicted molar refractivity (Wildman–Crippen MR) is 196 cm³/mol. The van der Waals surface area contributed by atoms with E-state index in [-0.39, 0.29) is 60.9 Å². The molecule has 4 amide bonds. The maximum Gasteiger partial charge on any atom is 0.329 e. The van der Waals surface area contributed by atoms with Crippen LogP contribution in [0.2, 0.25) is 0 Å². The molecule has 0 aliphatic heterocycles. The molecular formula is C38H46N8O8. The van der Waals surface area contributed by atoms with Crippen molar-refractivity contribution in [1.29, 1.82) is 0 Å². The second-order valence-corrected chi connectivity index (χ2v) is 13.0. The number of amides is 4. The molecular weight excluding hydrogens is 696 g/mol. The highest BCUT2D eigenvalue weighted by Gasteiger charge is 2.30. The summed E-state index contributed by atoms with van der Waals surface area (Å²) < 4.78 is 10.8. The van der Waals surface area contributed by atoms with Crippen molar-refractivity contribution in [1.82, 2.24) is 41.2 Å². The van der Waals surface area contributed by atoms with Crippen molar-refractivity contribution in [2.75, 3.05) is 13.1 Å². The minimum atomic E-state index is -0.970. The minimum Gasteiger partial charge on any atom is -0.459 e. The molecule has 2 unspecified atom stereocenters. The van der Waals surface area contributed by atoms with Crippen molar-refractivity contribution in [3.63, 3.8) is 0 Å². The molecule has 0 spiro atoms. The number of aromatic amines is 2. The van der Waals surface area contributed by atoms with Crippen molar-refractivity contribution in [3.05, 3.63) is 107 Å². The lowest BCUT2D eigenvalue weighted by Gasteiger charge is -2.20. The SMILES string of the molecule is CC(C)C(NC(=O)c1nc[nH]c1C(=O)NCCCCNC(=O)c1[nH]cnc1C(=O)NC(C(=O)OCc1ccccc1)C(C)C)C(=O)OCc1ccccc1. The van der Waals surface area contributed by atoms with Gasteiger partial charge in [-0.15, -0.1) is 0 Å². The summed E-state index contributed by atoms with van der Waals surface area (Å²) in [6.45, 7) is 7.57. The Bertz CT molecular complexity index is 1740. The van der Waals surface area contributed by atoms with E-state index in [0.29, 0.717) is 12.8 Å². The van der Waals surface area contributed by atoms with Gasteiger partial charge in [0.1, 0.15) is 36.7 Å². The summed E-state index contributed by atoms with van der Waals surface area (Å²) in [5.74, 6) is -4.41. The van der Waals surface area contributed by atoms with Gasteiger partial charge in [0.25, 0.3) is 23.6 Å². The molecule has 4 aromatic rings. The van der Waals surface area contributed by atoms with E-state index in [2.05, 4.69) is 41.2 Å². The molecule has 0 saturated carbocycles. The normalized spacial score (nSPS) is 12.0. The molecule has 4 rings (SSSR count). The van der Waals surface area contributed by atoms with Crippen LogP contribution >= 0.6 is 0 Å². The van der Waals surface area contributed by atoms with Gasteiger partial charge in [-0.3, -0.25) is 19.2 Å². The number of carbonyl (C=O) groups excluding carboxylic acids is 6. The number of esters is 2. The van der Waals surface area contributed by atoms with E-state index in [1.807, 2.05) is 60.7 Å². The number of hydrogen-bond donors (Lipinski definition) is 6. The van der Waals surface area contributed by atoms with Gasteiger partial charge in [-0.2, -0.15) is 0 Å². The van der Waals surface area contributed by atoms with Crippen molar-refractivity contribution in [2.24, 2.45) is 11.8 Å². The summed E-state index contributed by atoms with van der Waals surface area (Å²) >= 11 is 0. The zero-order valence-corrected chi connectivity index (χ0v) is 30.6. The Morgan fingerprint density at radius 2 is 0.944 bits per heavy atom. The van der Waals surface area contributed by atoms with Crippen molar-refractivity contribution in [2.45, 2.75) is 65.8 Å². The zero-order chi connectivity index (χ0) is 39.0. The Hall–Kier alpha value is -6.32. The lowest BCUT2D eigenvalue weighted by Crippen LogP contribution is -2.46. The molecule has 0 aliphatic carbocycles. The quantitative estimate of drug-likeness (QED) is 0.0608. The summed E-state index contributed by atoms with van der Waals surface area (Å²) in [6, 6.07) is 16.4. The number of imidazole rings is 2. The molecule has 54 heavy (non-hydrogen) atoms. The third-order valence-electron chi connectivity index (χ3n) is 8.20. The molecule has 16 nitrogen and oxygen atoms in total. The molecule has 2 aromatic carbocycles. The summed E-state index contributed by atoms with van der Waals surface area (Å²) in [7, 11) is 0. The lowest BCUT2D eigenvalue weighted by molar-refractivity contribution is -0.149. The highest BCUT2D eigenvalue weighted by molar-refractivity contribution is 6.06. The molecule has 16 heteroatoms. The number of rotatable bonds is 19. The van der Waals surface area contributed by atoms with Gasteiger partial charge in [-0.25, -0.2) is 19.6 Å². The average molecular weight is 743 g/mol. The van der Waals surface area contributed by atoms with Crippen LogP contribution in [-0.4, -0.2) is 80.7 Å². The van der Waals surface area contributed by atoms with Crippen LogP contribution in [0, 0.1) is 11.8 Å². The monoisotopic (exact) mass is 742 g/mol. The third kappa shape index (κ3) is 11.6. The number of unbranched alkanes of at least 4 members (excludes halogenated alkanes) is 1. The highest BCUT2D eigenvalue weighted by atomic mass is 16.5. The van der Waals surface area contributed by atoms with Crippen LogP contribution in [0.15, 0.2) is 73.3 Å². The molecule has 2 atom stereocenters. The number of carbonyl (C=O) groups is 6. The molecule has 2 heterocycles. The van der Waals surface area contributed by atoms with Gasteiger partial charge in [0, 0.05) is 13.1 Å². The van der Waals surface area contributed by atoms with Gasteiger partial charge < -0.3 is 40.7 Å². The smallest absolute Gasteiger partial charge is 0.329 e. The second kappa shape index (κ2) is 20.1. The fourth-order valence-electron chi connectivity index (χ4n) is 5.16. The van der Waals surface area contributed by atoms with Gasteiger partial charge in [0.05, 0.1) is 12.7 Å². The van der Waals surface area contributed by atoms with Gasteiger partial charge in [0.15, 0.2) is 11.4 Å². The summed E-state index contributed by atoms with van der Waals surface area (Å²) in [5, 5.41) is 10.7. The van der Waals surface area contributed by atoms with E-state index >= 15 is 0 Å². The van der Waals surface area contributed by atoms with Crippen molar-refractivity contribution in [3.8, 4) is 0 Å². The molecule has 0 bridgehead atoms. The number of nitrogens with one attached hydrogen (secondary N) is 6. The van der Waals surface area contributed by atoms with Crippen LogP contribution in [0.1, 0.15) is 93.6 Å². The van der Waals surface area contributed by atoms with Crippen LogP contribution in [0.5, 0.6) is 0 Å². The van der Waals surface area contributed by atoms with Crippen molar-refractivity contribution < 1.29 is 38.2 Å². The summed E-state index contributed by atoms with van der Waals surface area (Å²) in [6.07, 6.45) is 3.34. The van der Waals surface area contributed by atoms with Gasteiger partial charge in [-0.05, 0) is 35.8 Å². The summed E-state index contributed by atoms with van der Waals surface area (Å²) in [4.78, 5) is 90.9. The standard InChI is InChI=1S/C38H46N8O8/c1-23(2)27(37(51)53-19-25-13-7-5-8-14-25)45-35(49)31-29(41-21-43-31)33(47)39-17-11-12-18-40-34(48)30-32(44-22-42-30)36(50)46-28(24(3)4)38(52)54-20-26-15-9-6-10-16-26/h5-10,13-16,21-24,27-28H,11-12,17-20H2,1-4H3,(H,39,47)(H,40,48)(H,41,43)(H,42,44)(H,45,49)(H,46,50). The molecule has 0 radical (unpaired) electrons. The molecule has 0 saturated heterocycles. The van der Waals surface area contributed by atoms with Crippen molar-refractivity contribution >= 4 is 35.6 Å². The number of nitrogens with zero attached hydrogens (tertiary/aromatic N) is 2. The van der Waals surface area contributed by atoms with E-state index in [4.69, 9.17) is 9.47 Å². The van der Waals surface area contributed by atoms with Crippen LogP contribution in [0.3, 0.4) is 0 Å². The predicted octanol–water partition coefficient (Wildman–Crippen LogP) is 3.07. The maximum atomic E-state index is 13.1. The highest BCUT2D eigenvalue weighted by Crippen LogP contribution is 2.12. The maximum absolute atomic E-state index is 13.1. The first-order chi connectivity index (χ1) is 26.0. The molecule has 6 N–H and O–H groups in total. The van der Waals surface area contributed by atoms with Gasteiger partial charge in [0.2, 0.25) is 0 Å². The Morgan fingerprint density at radius 1 is 0.574 bits per heavy atom. The minimum absolute atomic E-state index is 0.0499. The van der Waals surface area contributed by atoms with Gasteiger partial charge in [-0.1, -0.05) is 88.4 Å². The summed E-state index contributed by atoms with van der Waals surface area (Å²) in [5.41, 5.74) is 1.10. The first-order valence-corrected chi connectivity index (χ1v) is 17.6.